The normalized spacial score (nSPS) is 18.7. The van der Waals surface area contributed by atoms with Crippen molar-refractivity contribution in [1.82, 2.24) is 9.55 Å². The van der Waals surface area contributed by atoms with Gasteiger partial charge < -0.3 is 38.8 Å². The Balaban J connectivity index is 0.00000900. The van der Waals surface area contributed by atoms with Crippen molar-refractivity contribution in [3.05, 3.63) is 40.1 Å². The van der Waals surface area contributed by atoms with Crippen LogP contribution in [0.5, 0.6) is 0 Å². The van der Waals surface area contributed by atoms with Gasteiger partial charge >= 0.3 is 54.6 Å². The van der Waals surface area contributed by atoms with Gasteiger partial charge in [-0.2, -0.15) is 8.62 Å². The van der Waals surface area contributed by atoms with Crippen molar-refractivity contribution in [3.8, 4) is 0 Å². The number of hydrogen-bond donors (Lipinski definition) is 6. The van der Waals surface area contributed by atoms with Crippen LogP contribution < -0.4 is 5.56 Å². The Morgan fingerprint density at radius 1 is 1.26 bits per heavy atom. The summed E-state index contributed by atoms with van der Waals surface area (Å²) in [6, 6.07) is 0. The Labute approximate surface area is 201 Å². The molecule has 14 nitrogen and oxygen atoms in total. The molecule has 21 heteroatoms. The van der Waals surface area contributed by atoms with Crippen molar-refractivity contribution in [1.29, 1.82) is 0 Å². The maximum Gasteiger partial charge on any atom is 2.00 e. The maximum atomic E-state index is 14.6. The van der Waals surface area contributed by atoms with Crippen molar-refractivity contribution in [3.63, 3.8) is 0 Å². The first kappa shape index (κ1) is 31.3. The largest absolute Gasteiger partial charge is 2.00 e. The van der Waals surface area contributed by atoms with E-state index in [0.717, 1.165) is 6.92 Å². The minimum Gasteiger partial charge on any atom is -0.457 e. The molecule has 0 bridgehead atoms. The van der Waals surface area contributed by atoms with Crippen molar-refractivity contribution in [2.45, 2.75) is 18.7 Å². The fourth-order valence-electron chi connectivity index (χ4n) is 1.67. The van der Waals surface area contributed by atoms with E-state index in [9.17, 15) is 37.3 Å². The van der Waals surface area contributed by atoms with Crippen LogP contribution in [-0.2, 0) is 26.8 Å². The third-order valence-electron chi connectivity index (χ3n) is 2.87. The van der Waals surface area contributed by atoms with Crippen LogP contribution in [0.3, 0.4) is 0 Å². The summed E-state index contributed by atoms with van der Waals surface area (Å²) in [7, 11) is -16.8. The van der Waals surface area contributed by atoms with Crippen LogP contribution in [0.4, 0.5) is 8.78 Å². The standard InChI is InChI=1S/C10H15F2N2O12P3S.U/c1-10(12,5-14-4-6(11)8(16)13-9(14)30)7(15)2-3-24-28(20,21)26-29(22,23)25-27(17,18)19;/h2,4-5,7,15H,3H2,1H3,(H,20,21)(H,22,23)(H,13,16,30)(H2,17,18,19);/q-2;+2/t7-,10?;/m0./s1. The van der Waals surface area contributed by atoms with Crippen molar-refractivity contribution in [2.75, 3.05) is 6.61 Å². The van der Waals surface area contributed by atoms with Gasteiger partial charge in [-0.1, -0.05) is 19.3 Å². The first-order valence-electron chi connectivity index (χ1n) is 7.19. The topological polar surface area (TPSA) is 218 Å². The maximum absolute atomic E-state index is 14.6. The van der Waals surface area contributed by atoms with E-state index >= 15 is 0 Å². The summed E-state index contributed by atoms with van der Waals surface area (Å²) in [4.78, 5) is 47.9. The molecule has 1 heterocycles. The minimum absolute atomic E-state index is 0. The Kier molecular flexibility index (Phi) is 11.7. The molecule has 0 aliphatic rings. The summed E-state index contributed by atoms with van der Waals surface area (Å²) in [5.41, 5.74) is -3.86. The number of nitrogens with zero attached hydrogens (tertiary/aromatic N) is 1. The van der Waals surface area contributed by atoms with Crippen molar-refractivity contribution < 1.29 is 91.4 Å². The van der Waals surface area contributed by atoms with Gasteiger partial charge in [-0.25, -0.2) is 18.1 Å². The molecule has 0 aromatic carbocycles. The van der Waals surface area contributed by atoms with Crippen molar-refractivity contribution in [2.24, 2.45) is 0 Å². The summed E-state index contributed by atoms with van der Waals surface area (Å²) in [5, 5.41) is 9.84. The number of aliphatic hydroxyl groups is 1. The fraction of sp³-hybridized carbons (Fsp3) is 0.400. The molecule has 0 aliphatic carbocycles. The molecule has 0 spiro atoms. The molecule has 176 valence electrons. The third kappa shape index (κ3) is 11.3. The van der Waals surface area contributed by atoms with Gasteiger partial charge in [0.25, 0.3) is 5.56 Å². The number of aromatic amines is 1. The Bertz CT molecular complexity index is 1030. The summed E-state index contributed by atoms with van der Waals surface area (Å²) < 4.78 is 72.4. The predicted octanol–water partition coefficient (Wildman–Crippen LogP) is 0.692. The summed E-state index contributed by atoms with van der Waals surface area (Å²) in [5.74, 6) is -1.30. The molecule has 0 fully saturated rings. The van der Waals surface area contributed by atoms with E-state index in [2.05, 4.69) is 13.1 Å². The van der Waals surface area contributed by atoms with Crippen molar-refractivity contribution >= 4 is 35.7 Å². The zero-order valence-corrected chi connectivity index (χ0v) is 22.7. The molecule has 1 aromatic heterocycles. The van der Waals surface area contributed by atoms with Crippen LogP contribution in [0.25, 0.3) is 0 Å². The number of H-pyrrole nitrogens is 1. The first-order valence-corrected chi connectivity index (χ1v) is 12.1. The van der Waals surface area contributed by atoms with Crippen LogP contribution in [0, 0.1) is 54.7 Å². The number of aromatic nitrogens is 2. The number of aliphatic hydroxyl groups excluding tert-OH is 1. The molecule has 0 amide bonds. The number of rotatable bonds is 11. The van der Waals surface area contributed by atoms with E-state index < -0.39 is 58.0 Å². The second kappa shape index (κ2) is 11.6. The average Bonchev–Trinajstić information content (AvgIpc) is 2.48. The zero-order valence-electron chi connectivity index (χ0n) is 15.1. The van der Waals surface area contributed by atoms with E-state index in [1.54, 1.807) is 0 Å². The molecule has 0 radical (unpaired) electrons. The SMILES string of the molecule is CC(F)([CH-]n1cc(F)c(=O)[nH]c1=S)[C@@H](O)[CH-]COP(=O)(O)OP(=O)(O)OP(=O)(O)O.[U+2]. The van der Waals surface area contributed by atoms with E-state index in [4.69, 9.17) is 26.9 Å². The Morgan fingerprint density at radius 2 is 1.81 bits per heavy atom. The Morgan fingerprint density at radius 3 is 2.32 bits per heavy atom. The minimum atomic E-state index is -5.73. The van der Waals surface area contributed by atoms with Crippen LogP contribution in [-0.4, -0.2) is 52.6 Å². The summed E-state index contributed by atoms with van der Waals surface area (Å²) >= 11 is 4.70. The van der Waals surface area contributed by atoms with Gasteiger partial charge in [-0.15, -0.1) is 12.2 Å². The number of hydrogen-bond acceptors (Lipinski definition) is 9. The number of phosphoric ester groups is 1. The van der Waals surface area contributed by atoms with E-state index in [0.29, 0.717) is 23.7 Å². The van der Waals surface area contributed by atoms with Crippen LogP contribution in [0.2, 0.25) is 0 Å². The molecular formula is C10H15F2N2O12P3SU. The number of halogens is 2. The van der Waals surface area contributed by atoms with Crippen LogP contribution in [0.15, 0.2) is 11.0 Å². The summed E-state index contributed by atoms with van der Waals surface area (Å²) in [6.07, 6.45) is -1.01. The molecule has 0 aliphatic heterocycles. The number of alkyl halides is 1. The molecular weight excluding hydrogens is 741 g/mol. The second-order valence-electron chi connectivity index (χ2n) is 5.49. The van der Waals surface area contributed by atoms with Crippen LogP contribution >= 0.6 is 35.7 Å². The zero-order chi connectivity index (χ0) is 23.5. The van der Waals surface area contributed by atoms with Gasteiger partial charge in [-0.05, 0) is 13.0 Å². The molecule has 31 heavy (non-hydrogen) atoms. The van der Waals surface area contributed by atoms with E-state index in [1.165, 1.54) is 0 Å². The van der Waals surface area contributed by atoms with Gasteiger partial charge in [0.2, 0.25) is 0 Å². The molecule has 1 rings (SSSR count). The average molecular weight is 756 g/mol. The van der Waals surface area contributed by atoms with Gasteiger partial charge in [0.1, 0.15) is 5.82 Å². The quantitative estimate of drug-likeness (QED) is 0.104. The van der Waals surface area contributed by atoms with Crippen LogP contribution in [0.1, 0.15) is 6.92 Å². The molecule has 4 atom stereocenters. The monoisotopic (exact) mass is 756 g/mol. The third-order valence-corrected chi connectivity index (χ3v) is 6.98. The number of nitrogens with one attached hydrogen (secondary N) is 1. The van der Waals surface area contributed by atoms with E-state index in [-0.39, 0.29) is 31.1 Å². The number of phosphoric acid groups is 3. The second-order valence-corrected chi connectivity index (χ2v) is 10.3. The molecule has 1 aromatic rings. The molecule has 3 unspecified atom stereocenters. The van der Waals surface area contributed by atoms with E-state index in [1.807, 2.05) is 4.98 Å². The Hall–Kier alpha value is 0.252. The van der Waals surface area contributed by atoms with Gasteiger partial charge in [0.05, 0.1) is 10.4 Å². The molecule has 0 saturated heterocycles. The first-order chi connectivity index (χ1) is 13.3. The summed E-state index contributed by atoms with van der Waals surface area (Å²) in [6.45, 7) is 0.272. The molecule has 6 N–H and O–H groups in total. The van der Waals surface area contributed by atoms with Gasteiger partial charge in [0.15, 0.2) is 0 Å². The predicted molar refractivity (Wildman–Crippen MR) is 95.2 cm³/mol. The fourth-order valence-corrected chi connectivity index (χ4v) is 4.83. The molecule has 0 saturated carbocycles. The van der Waals surface area contributed by atoms with Gasteiger partial charge in [-0.3, -0.25) is 15.6 Å². The van der Waals surface area contributed by atoms with Gasteiger partial charge in [0, 0.05) is 0 Å². The smallest absolute Gasteiger partial charge is 0.457 e.